The van der Waals surface area contributed by atoms with Crippen molar-refractivity contribution >= 4 is 6.21 Å². The molecule has 0 spiro atoms. The zero-order valence-corrected chi connectivity index (χ0v) is 11.9. The summed E-state index contributed by atoms with van der Waals surface area (Å²) in [5.41, 5.74) is 4.54. The van der Waals surface area contributed by atoms with Crippen molar-refractivity contribution in [1.29, 1.82) is 0 Å². The van der Waals surface area contributed by atoms with Crippen LogP contribution in [0.1, 0.15) is 25.0 Å². The predicted octanol–water partition coefficient (Wildman–Crippen LogP) is 3.51. The number of aryl methyl sites for hydroxylation is 1. The van der Waals surface area contributed by atoms with E-state index in [0.29, 0.717) is 0 Å². The van der Waals surface area contributed by atoms with Crippen LogP contribution in [0.15, 0.2) is 65.8 Å². The third kappa shape index (κ3) is 9.56. The van der Waals surface area contributed by atoms with Gasteiger partial charge in [0.1, 0.15) is 0 Å². The molecule has 0 aliphatic heterocycles. The molecular formula is C16H23N3. The zero-order valence-electron chi connectivity index (χ0n) is 11.9. The van der Waals surface area contributed by atoms with E-state index in [9.17, 15) is 0 Å². The van der Waals surface area contributed by atoms with Gasteiger partial charge in [-0.05, 0) is 12.5 Å². The van der Waals surface area contributed by atoms with Gasteiger partial charge >= 0.3 is 0 Å². The first-order chi connectivity index (χ1) is 9.33. The molecule has 0 fully saturated rings. The Bertz CT molecular complexity index is 424. The third-order valence-electron chi connectivity index (χ3n) is 2.03. The molecule has 3 nitrogen and oxygen atoms in total. The van der Waals surface area contributed by atoms with Crippen LogP contribution < -0.4 is 11.4 Å². The summed E-state index contributed by atoms with van der Waals surface area (Å²) in [6.45, 7) is 6.08. The van der Waals surface area contributed by atoms with Crippen LogP contribution in [0.4, 0.5) is 0 Å². The minimum absolute atomic E-state index is 1.03. The van der Waals surface area contributed by atoms with Crippen LogP contribution in [0.3, 0.4) is 0 Å². The predicted molar refractivity (Wildman–Crippen MR) is 83.9 cm³/mol. The van der Waals surface area contributed by atoms with Crippen molar-refractivity contribution in [3.63, 3.8) is 0 Å². The molecule has 0 aliphatic rings. The summed E-state index contributed by atoms with van der Waals surface area (Å²) in [6, 6.07) is 20.0. The first kappa shape index (κ1) is 16.9. The lowest BCUT2D eigenvalue weighted by Gasteiger charge is -1.88. The molecule has 0 saturated carbocycles. The van der Waals surface area contributed by atoms with Gasteiger partial charge in [-0.1, -0.05) is 80.1 Å². The Morgan fingerprint density at radius 1 is 0.895 bits per heavy atom. The highest BCUT2D eigenvalue weighted by Crippen LogP contribution is 1.93. The third-order valence-corrected chi connectivity index (χ3v) is 2.03. The van der Waals surface area contributed by atoms with E-state index in [1.54, 1.807) is 6.21 Å². The van der Waals surface area contributed by atoms with Crippen molar-refractivity contribution in [2.45, 2.75) is 20.8 Å². The fourth-order valence-electron chi connectivity index (χ4n) is 1.19. The molecule has 0 unspecified atom stereocenters. The SMILES string of the molecule is CC.Cc1ccccc1.NN/N=C/c1ccccc1. The number of hydrogen-bond donors (Lipinski definition) is 2. The molecule has 19 heavy (non-hydrogen) atoms. The minimum Gasteiger partial charge on any atom is -0.246 e. The molecule has 102 valence electrons. The Hall–Kier alpha value is -2.13. The smallest absolute Gasteiger partial charge is 0.0556 e. The Morgan fingerprint density at radius 3 is 1.74 bits per heavy atom. The summed E-state index contributed by atoms with van der Waals surface area (Å²) in [4.78, 5) is 0. The van der Waals surface area contributed by atoms with E-state index in [-0.39, 0.29) is 0 Å². The number of nitrogens with two attached hydrogens (primary N) is 1. The van der Waals surface area contributed by atoms with E-state index in [1.807, 2.05) is 62.4 Å². The van der Waals surface area contributed by atoms with Crippen LogP contribution in [-0.2, 0) is 0 Å². The lowest BCUT2D eigenvalue weighted by molar-refractivity contribution is 0.811. The molecule has 0 aliphatic carbocycles. The largest absolute Gasteiger partial charge is 0.246 e. The highest BCUT2D eigenvalue weighted by Gasteiger charge is 1.80. The molecule has 0 heterocycles. The van der Waals surface area contributed by atoms with Crippen LogP contribution in [0, 0.1) is 6.92 Å². The van der Waals surface area contributed by atoms with Gasteiger partial charge in [0.15, 0.2) is 0 Å². The van der Waals surface area contributed by atoms with Crippen molar-refractivity contribution < 1.29 is 0 Å². The Morgan fingerprint density at radius 2 is 1.37 bits per heavy atom. The van der Waals surface area contributed by atoms with Gasteiger partial charge in [-0.3, -0.25) is 0 Å². The highest BCUT2D eigenvalue weighted by atomic mass is 15.5. The molecule has 0 aromatic heterocycles. The van der Waals surface area contributed by atoms with Crippen LogP contribution >= 0.6 is 0 Å². The van der Waals surface area contributed by atoms with Gasteiger partial charge in [0.25, 0.3) is 0 Å². The van der Waals surface area contributed by atoms with Gasteiger partial charge in [-0.15, -0.1) is 0 Å². The maximum absolute atomic E-state index is 4.93. The Labute approximate surface area is 116 Å². The Balaban J connectivity index is 0.000000316. The minimum atomic E-state index is 1.03. The second-order valence-corrected chi connectivity index (χ2v) is 3.45. The maximum Gasteiger partial charge on any atom is 0.0556 e. The first-order valence-corrected chi connectivity index (χ1v) is 6.38. The number of nitrogens with zero attached hydrogens (tertiary/aromatic N) is 1. The van der Waals surface area contributed by atoms with Crippen LogP contribution in [0.25, 0.3) is 0 Å². The molecule has 3 N–H and O–H groups in total. The van der Waals surface area contributed by atoms with Gasteiger partial charge in [-0.2, -0.15) is 5.10 Å². The van der Waals surface area contributed by atoms with Crippen molar-refractivity contribution in [1.82, 2.24) is 5.53 Å². The molecule has 0 amide bonds. The number of nitrogens with one attached hydrogen (secondary N) is 1. The summed E-state index contributed by atoms with van der Waals surface area (Å²) >= 11 is 0. The maximum atomic E-state index is 4.93. The summed E-state index contributed by atoms with van der Waals surface area (Å²) < 4.78 is 0. The highest BCUT2D eigenvalue weighted by molar-refractivity contribution is 5.79. The number of hydrazone groups is 1. The fraction of sp³-hybridized carbons (Fsp3) is 0.188. The van der Waals surface area contributed by atoms with Gasteiger partial charge < -0.3 is 0 Å². The van der Waals surface area contributed by atoms with Crippen molar-refractivity contribution in [3.05, 3.63) is 71.8 Å². The number of benzene rings is 2. The molecule has 2 aromatic rings. The second kappa shape index (κ2) is 12.3. The molecule has 0 bridgehead atoms. The number of rotatable bonds is 2. The quantitative estimate of drug-likeness (QED) is 0.491. The van der Waals surface area contributed by atoms with Crippen molar-refractivity contribution in [2.75, 3.05) is 0 Å². The summed E-state index contributed by atoms with van der Waals surface area (Å²) in [5, 5.41) is 3.64. The fourth-order valence-corrected chi connectivity index (χ4v) is 1.19. The van der Waals surface area contributed by atoms with E-state index in [0.717, 1.165) is 5.56 Å². The molecule has 0 atom stereocenters. The standard InChI is InChI=1S/C7H9N3.C7H8.C2H6/c8-10-9-6-7-4-2-1-3-5-7;1-7-5-3-2-4-6-7;1-2/h1-6,10H,8H2;2-6H,1H3;1-2H3/b9-6+;;. The molecule has 0 saturated heterocycles. The van der Waals surface area contributed by atoms with Crippen molar-refractivity contribution in [3.8, 4) is 0 Å². The summed E-state index contributed by atoms with van der Waals surface area (Å²) in [6.07, 6.45) is 1.65. The molecule has 0 radical (unpaired) electrons. The van der Waals surface area contributed by atoms with Gasteiger partial charge in [-0.25, -0.2) is 11.4 Å². The van der Waals surface area contributed by atoms with E-state index in [1.165, 1.54) is 5.56 Å². The topological polar surface area (TPSA) is 50.4 Å². The number of hydrogen-bond acceptors (Lipinski definition) is 3. The second-order valence-electron chi connectivity index (χ2n) is 3.45. The van der Waals surface area contributed by atoms with E-state index >= 15 is 0 Å². The van der Waals surface area contributed by atoms with E-state index < -0.39 is 0 Å². The van der Waals surface area contributed by atoms with Crippen LogP contribution in [-0.4, -0.2) is 6.21 Å². The van der Waals surface area contributed by atoms with Gasteiger partial charge in [0.05, 0.1) is 6.21 Å². The lowest BCUT2D eigenvalue weighted by atomic mass is 10.2. The lowest BCUT2D eigenvalue weighted by Crippen LogP contribution is -2.13. The zero-order chi connectivity index (χ0) is 14.3. The molecular weight excluding hydrogens is 234 g/mol. The average Bonchev–Trinajstić information content (AvgIpc) is 2.50. The van der Waals surface area contributed by atoms with E-state index in [4.69, 9.17) is 5.84 Å². The van der Waals surface area contributed by atoms with Gasteiger partial charge in [0.2, 0.25) is 0 Å². The summed E-state index contributed by atoms with van der Waals surface area (Å²) in [7, 11) is 0. The summed E-state index contributed by atoms with van der Waals surface area (Å²) in [5.74, 6) is 4.93. The molecule has 3 heteroatoms. The monoisotopic (exact) mass is 257 g/mol. The van der Waals surface area contributed by atoms with Crippen molar-refractivity contribution in [2.24, 2.45) is 10.9 Å². The number of hydrazine groups is 1. The first-order valence-electron chi connectivity index (χ1n) is 6.38. The van der Waals surface area contributed by atoms with Crippen LogP contribution in [0.5, 0.6) is 0 Å². The Kier molecular flexibility index (Phi) is 10.9. The van der Waals surface area contributed by atoms with Gasteiger partial charge in [0, 0.05) is 0 Å². The molecule has 2 rings (SSSR count). The molecule has 2 aromatic carbocycles. The normalized spacial score (nSPS) is 8.84. The van der Waals surface area contributed by atoms with E-state index in [2.05, 4.69) is 29.7 Å². The van der Waals surface area contributed by atoms with Crippen LogP contribution in [0.2, 0.25) is 0 Å². The average molecular weight is 257 g/mol.